The third kappa shape index (κ3) is 6.70. The Bertz CT molecular complexity index is 1100. The molecule has 0 aromatic heterocycles. The first kappa shape index (κ1) is 26.7. The van der Waals surface area contributed by atoms with Gasteiger partial charge in [0, 0.05) is 63.0 Å². The van der Waals surface area contributed by atoms with Crippen molar-refractivity contribution < 1.29 is 14.4 Å². The number of nitrogens with one attached hydrogen (secondary N) is 1. The van der Waals surface area contributed by atoms with Crippen LogP contribution in [0.5, 0.6) is 0 Å². The van der Waals surface area contributed by atoms with Crippen LogP contribution in [0.2, 0.25) is 0 Å². The molecular weight excluding hydrogens is 464 g/mol. The molecule has 4 rings (SSSR count). The van der Waals surface area contributed by atoms with Gasteiger partial charge in [0.25, 0.3) is 5.91 Å². The van der Waals surface area contributed by atoms with Gasteiger partial charge >= 0.3 is 0 Å². The van der Waals surface area contributed by atoms with Gasteiger partial charge in [-0.05, 0) is 43.0 Å². The minimum atomic E-state index is -0.159. The van der Waals surface area contributed by atoms with E-state index in [-0.39, 0.29) is 23.7 Å². The Balaban J connectivity index is 1.56. The number of carbonyl (C=O) groups is 3. The lowest BCUT2D eigenvalue weighted by Crippen LogP contribution is -2.38. The van der Waals surface area contributed by atoms with Crippen LogP contribution in [0, 0.1) is 11.8 Å². The molecule has 1 heterocycles. The van der Waals surface area contributed by atoms with Gasteiger partial charge in [-0.2, -0.15) is 0 Å². The predicted octanol–water partition coefficient (Wildman–Crippen LogP) is 4.78. The second-order valence-corrected chi connectivity index (χ2v) is 10.7. The van der Waals surface area contributed by atoms with Crippen LogP contribution < -0.4 is 10.2 Å². The van der Waals surface area contributed by atoms with Crippen molar-refractivity contribution in [2.45, 2.75) is 52.5 Å². The molecule has 7 heteroatoms. The molecule has 1 N–H and O–H groups in total. The Morgan fingerprint density at radius 3 is 2.38 bits per heavy atom. The number of hydrogen-bond acceptors (Lipinski definition) is 4. The second kappa shape index (κ2) is 12.3. The van der Waals surface area contributed by atoms with Crippen molar-refractivity contribution in [3.05, 3.63) is 59.7 Å². The van der Waals surface area contributed by atoms with E-state index in [1.54, 1.807) is 11.0 Å². The van der Waals surface area contributed by atoms with Crippen molar-refractivity contribution in [2.24, 2.45) is 11.8 Å². The average molecular weight is 505 g/mol. The van der Waals surface area contributed by atoms with E-state index < -0.39 is 0 Å². The molecule has 0 bridgehead atoms. The Hall–Kier alpha value is -3.35. The fraction of sp³-hybridized carbons (Fsp3) is 0.500. The van der Waals surface area contributed by atoms with Gasteiger partial charge in [0.05, 0.1) is 5.56 Å². The smallest absolute Gasteiger partial charge is 0.256 e. The molecular formula is C30H40N4O3. The lowest BCUT2D eigenvalue weighted by atomic mass is 10.1. The number of amides is 3. The largest absolute Gasteiger partial charge is 0.369 e. The van der Waals surface area contributed by atoms with Crippen molar-refractivity contribution in [3.63, 3.8) is 0 Å². The third-order valence-corrected chi connectivity index (χ3v) is 7.48. The van der Waals surface area contributed by atoms with Crippen LogP contribution in [0.25, 0.3) is 0 Å². The summed E-state index contributed by atoms with van der Waals surface area (Å²) in [4.78, 5) is 45.1. The summed E-state index contributed by atoms with van der Waals surface area (Å²) in [6.07, 6.45) is 5.18. The number of carbonyl (C=O) groups excluding carboxylic acids is 3. The van der Waals surface area contributed by atoms with E-state index in [0.717, 1.165) is 56.4 Å². The van der Waals surface area contributed by atoms with Crippen LogP contribution in [0.1, 0.15) is 61.9 Å². The number of anilines is 2. The van der Waals surface area contributed by atoms with Gasteiger partial charge in [0.1, 0.15) is 0 Å². The minimum Gasteiger partial charge on any atom is -0.369 e. The Kier molecular flexibility index (Phi) is 8.85. The van der Waals surface area contributed by atoms with Crippen LogP contribution in [0.3, 0.4) is 0 Å². The maximum atomic E-state index is 13.7. The molecule has 2 fully saturated rings. The predicted molar refractivity (Wildman–Crippen MR) is 148 cm³/mol. The summed E-state index contributed by atoms with van der Waals surface area (Å²) < 4.78 is 0. The van der Waals surface area contributed by atoms with E-state index >= 15 is 0 Å². The zero-order valence-electron chi connectivity index (χ0n) is 22.4. The van der Waals surface area contributed by atoms with Crippen LogP contribution in [-0.4, -0.2) is 60.7 Å². The molecule has 0 radical (unpaired) electrons. The molecule has 7 nitrogen and oxygen atoms in total. The number of benzene rings is 2. The van der Waals surface area contributed by atoms with Gasteiger partial charge in [-0.3, -0.25) is 14.4 Å². The van der Waals surface area contributed by atoms with Gasteiger partial charge in [-0.25, -0.2) is 0 Å². The highest BCUT2D eigenvalue weighted by atomic mass is 16.2. The summed E-state index contributed by atoms with van der Waals surface area (Å²) in [5.41, 5.74) is 3.09. The topological polar surface area (TPSA) is 73.0 Å². The first-order valence-corrected chi connectivity index (χ1v) is 13.6. The summed E-state index contributed by atoms with van der Waals surface area (Å²) in [6.45, 7) is 7.05. The zero-order valence-corrected chi connectivity index (χ0v) is 22.4. The van der Waals surface area contributed by atoms with E-state index in [1.165, 1.54) is 0 Å². The molecule has 37 heavy (non-hydrogen) atoms. The van der Waals surface area contributed by atoms with Crippen molar-refractivity contribution in [2.75, 3.05) is 43.4 Å². The third-order valence-electron chi connectivity index (χ3n) is 7.48. The quantitative estimate of drug-likeness (QED) is 0.589. The summed E-state index contributed by atoms with van der Waals surface area (Å²) in [5, 5.41) is 2.94. The van der Waals surface area contributed by atoms with E-state index in [4.69, 9.17) is 0 Å². The molecule has 1 saturated heterocycles. The number of rotatable bonds is 7. The Labute approximate surface area is 220 Å². The molecule has 0 spiro atoms. The lowest BCUT2D eigenvalue weighted by molar-refractivity contribution is -0.135. The van der Waals surface area contributed by atoms with E-state index in [9.17, 15) is 14.4 Å². The van der Waals surface area contributed by atoms with Gasteiger partial charge in [0.2, 0.25) is 11.8 Å². The highest BCUT2D eigenvalue weighted by Crippen LogP contribution is 2.30. The molecule has 0 atom stereocenters. The normalized spacial score (nSPS) is 16.5. The maximum Gasteiger partial charge on any atom is 0.256 e. The summed E-state index contributed by atoms with van der Waals surface area (Å²) in [5.74, 6) is 0.139. The molecule has 0 unspecified atom stereocenters. The van der Waals surface area contributed by atoms with E-state index in [0.29, 0.717) is 36.8 Å². The van der Waals surface area contributed by atoms with Crippen molar-refractivity contribution in [3.8, 4) is 0 Å². The van der Waals surface area contributed by atoms with Gasteiger partial charge < -0.3 is 20.0 Å². The molecule has 198 valence electrons. The summed E-state index contributed by atoms with van der Waals surface area (Å²) >= 11 is 0. The van der Waals surface area contributed by atoms with Crippen LogP contribution in [0.15, 0.2) is 48.5 Å². The first-order valence-electron chi connectivity index (χ1n) is 13.6. The Morgan fingerprint density at radius 1 is 0.946 bits per heavy atom. The zero-order chi connectivity index (χ0) is 26.4. The van der Waals surface area contributed by atoms with E-state index in [2.05, 4.69) is 10.2 Å². The molecule has 1 aliphatic heterocycles. The van der Waals surface area contributed by atoms with Gasteiger partial charge in [-0.1, -0.05) is 57.0 Å². The summed E-state index contributed by atoms with van der Waals surface area (Å²) in [7, 11) is 1.81. The van der Waals surface area contributed by atoms with Gasteiger partial charge in [-0.15, -0.1) is 0 Å². The van der Waals surface area contributed by atoms with E-state index in [1.807, 2.05) is 68.3 Å². The molecule has 2 aromatic rings. The van der Waals surface area contributed by atoms with Gasteiger partial charge in [0.15, 0.2) is 0 Å². The number of hydrogen-bond donors (Lipinski definition) is 1. The van der Waals surface area contributed by atoms with Crippen LogP contribution in [-0.2, 0) is 16.1 Å². The fourth-order valence-electron chi connectivity index (χ4n) is 5.29. The molecule has 2 aromatic carbocycles. The molecule has 1 aliphatic carbocycles. The summed E-state index contributed by atoms with van der Waals surface area (Å²) in [6, 6.07) is 15.5. The SMILES string of the molecule is CC(C)C(=O)Nc1ccc(N2CCCN(C(=O)C3CCCC3)CC2)c(C(=O)N(C)Cc2ccccc2)c1. The second-order valence-electron chi connectivity index (χ2n) is 10.7. The minimum absolute atomic E-state index is 0.0837. The highest BCUT2D eigenvalue weighted by molar-refractivity contribution is 6.02. The van der Waals surface area contributed by atoms with Crippen molar-refractivity contribution in [1.29, 1.82) is 0 Å². The molecule has 3 amide bonds. The lowest BCUT2D eigenvalue weighted by Gasteiger charge is -2.28. The standard InChI is InChI=1S/C30H40N4O3/c1-22(2)28(35)31-25-14-15-27(26(20-25)30(37)32(3)21-23-10-5-4-6-11-23)33-16-9-17-34(19-18-33)29(36)24-12-7-8-13-24/h4-6,10-11,14-15,20,22,24H,7-9,12-13,16-19,21H2,1-3H3,(H,31,35). The fourth-order valence-corrected chi connectivity index (χ4v) is 5.29. The Morgan fingerprint density at radius 2 is 1.68 bits per heavy atom. The highest BCUT2D eigenvalue weighted by Gasteiger charge is 2.29. The van der Waals surface area contributed by atoms with Crippen molar-refractivity contribution in [1.82, 2.24) is 9.80 Å². The average Bonchev–Trinajstić information content (AvgIpc) is 3.33. The first-order chi connectivity index (χ1) is 17.8. The number of nitrogens with zero attached hydrogens (tertiary/aromatic N) is 3. The molecule has 2 aliphatic rings. The van der Waals surface area contributed by atoms with Crippen LogP contribution >= 0.6 is 0 Å². The van der Waals surface area contributed by atoms with Crippen molar-refractivity contribution >= 4 is 29.1 Å². The maximum absolute atomic E-state index is 13.7. The molecule has 1 saturated carbocycles. The monoisotopic (exact) mass is 504 g/mol. The van der Waals surface area contributed by atoms with Crippen LogP contribution in [0.4, 0.5) is 11.4 Å².